The minimum absolute atomic E-state index is 0.166. The number of hydrogen-bond acceptors (Lipinski definition) is 3. The van der Waals surface area contributed by atoms with Gasteiger partial charge in [0.25, 0.3) is 0 Å². The lowest BCUT2D eigenvalue weighted by Gasteiger charge is -2.18. The van der Waals surface area contributed by atoms with Gasteiger partial charge >= 0.3 is 0 Å². The van der Waals surface area contributed by atoms with Crippen molar-refractivity contribution in [2.24, 2.45) is 5.73 Å². The van der Waals surface area contributed by atoms with Gasteiger partial charge < -0.3 is 10.5 Å². The number of fused-ring (bicyclic) bond motifs is 1. The Labute approximate surface area is 124 Å². The van der Waals surface area contributed by atoms with Crippen LogP contribution in [-0.4, -0.2) is 18.4 Å². The molecule has 2 aromatic carbocycles. The van der Waals surface area contributed by atoms with Gasteiger partial charge in [-0.1, -0.05) is 30.3 Å². The third kappa shape index (κ3) is 2.84. The number of rotatable bonds is 4. The minimum Gasteiger partial charge on any atom is -0.497 e. The molecule has 2 unspecified atom stereocenters. The molecule has 0 aromatic heterocycles. The second-order valence-corrected chi connectivity index (χ2v) is 6.47. The van der Waals surface area contributed by atoms with Gasteiger partial charge in [-0.2, -0.15) is 0 Å². The summed E-state index contributed by atoms with van der Waals surface area (Å²) in [6.07, 6.45) is 1.97. The van der Waals surface area contributed by atoms with Crippen molar-refractivity contribution in [2.75, 3.05) is 7.11 Å². The summed E-state index contributed by atoms with van der Waals surface area (Å²) in [7, 11) is 1.70. The van der Waals surface area contributed by atoms with Gasteiger partial charge in [-0.05, 0) is 42.2 Å². The predicted molar refractivity (Wildman–Crippen MR) is 84.5 cm³/mol. The van der Waals surface area contributed by atoms with Crippen molar-refractivity contribution in [1.82, 2.24) is 0 Å². The van der Waals surface area contributed by atoms with Crippen molar-refractivity contribution in [3.63, 3.8) is 0 Å². The summed E-state index contributed by atoms with van der Waals surface area (Å²) < 4.78 is 5.27. The molecule has 3 rings (SSSR count). The largest absolute Gasteiger partial charge is 0.497 e. The Bertz CT molecular complexity index is 574. The molecule has 0 radical (unpaired) electrons. The number of benzene rings is 2. The maximum atomic E-state index is 6.42. The first-order valence-corrected chi connectivity index (χ1v) is 7.77. The molecule has 1 heterocycles. The van der Waals surface area contributed by atoms with Crippen molar-refractivity contribution in [3.05, 3.63) is 59.7 Å². The summed E-state index contributed by atoms with van der Waals surface area (Å²) >= 11 is 1.92. The highest BCUT2D eigenvalue weighted by Gasteiger charge is 2.27. The van der Waals surface area contributed by atoms with Gasteiger partial charge in [-0.25, -0.2) is 0 Å². The molecule has 2 N–H and O–H groups in total. The van der Waals surface area contributed by atoms with E-state index in [2.05, 4.69) is 36.4 Å². The summed E-state index contributed by atoms with van der Waals surface area (Å²) in [5, 5.41) is 0.471. The number of nitrogens with two attached hydrogens (primary N) is 1. The standard InChI is InChI=1S/C17H19NOS/c1-19-14-7-4-5-12(9-14)10-15(18)17-11-13-6-2-3-8-16(13)20-17/h2-9,15,17H,10-11,18H2,1H3. The number of thioether (sulfide) groups is 1. The van der Waals surface area contributed by atoms with Crippen LogP contribution >= 0.6 is 11.8 Å². The molecule has 0 amide bonds. The highest BCUT2D eigenvalue weighted by Crippen LogP contribution is 2.38. The molecule has 0 saturated heterocycles. The van der Waals surface area contributed by atoms with Gasteiger partial charge in [0.15, 0.2) is 0 Å². The Hall–Kier alpha value is -1.45. The molecule has 3 heteroatoms. The van der Waals surface area contributed by atoms with E-state index in [-0.39, 0.29) is 6.04 Å². The number of hydrogen-bond donors (Lipinski definition) is 1. The Morgan fingerprint density at radius 3 is 2.90 bits per heavy atom. The zero-order chi connectivity index (χ0) is 13.9. The van der Waals surface area contributed by atoms with Gasteiger partial charge in [0, 0.05) is 16.2 Å². The van der Waals surface area contributed by atoms with Crippen molar-refractivity contribution < 1.29 is 4.74 Å². The van der Waals surface area contributed by atoms with Crippen LogP contribution in [0.15, 0.2) is 53.4 Å². The topological polar surface area (TPSA) is 35.2 Å². The second-order valence-electron chi connectivity index (χ2n) is 5.19. The molecule has 2 aromatic rings. The molecular weight excluding hydrogens is 266 g/mol. The first-order chi connectivity index (χ1) is 9.76. The van der Waals surface area contributed by atoms with Crippen LogP contribution in [0.25, 0.3) is 0 Å². The van der Waals surface area contributed by atoms with Crippen molar-refractivity contribution in [2.45, 2.75) is 29.0 Å². The Morgan fingerprint density at radius 2 is 2.10 bits per heavy atom. The lowest BCUT2D eigenvalue weighted by Crippen LogP contribution is -2.34. The fourth-order valence-corrected chi connectivity index (χ4v) is 3.97. The molecule has 0 fully saturated rings. The molecule has 1 aliphatic heterocycles. The summed E-state index contributed by atoms with van der Waals surface area (Å²) in [5.41, 5.74) is 9.10. The van der Waals surface area contributed by atoms with Gasteiger partial charge in [0.2, 0.25) is 0 Å². The molecular formula is C17H19NOS. The van der Waals surface area contributed by atoms with E-state index in [1.807, 2.05) is 23.9 Å². The Kier molecular flexibility index (Phi) is 3.99. The van der Waals surface area contributed by atoms with Gasteiger partial charge in [0.05, 0.1) is 7.11 Å². The molecule has 0 saturated carbocycles. The highest BCUT2D eigenvalue weighted by molar-refractivity contribution is 8.00. The first kappa shape index (κ1) is 13.5. The minimum atomic E-state index is 0.166. The normalized spacial score (nSPS) is 18.6. The van der Waals surface area contributed by atoms with E-state index in [0.29, 0.717) is 5.25 Å². The fourth-order valence-electron chi connectivity index (χ4n) is 2.65. The zero-order valence-corrected chi connectivity index (χ0v) is 12.4. The average Bonchev–Trinajstić information content (AvgIpc) is 2.91. The van der Waals surface area contributed by atoms with Crippen LogP contribution in [0.1, 0.15) is 11.1 Å². The molecule has 2 nitrogen and oxygen atoms in total. The van der Waals surface area contributed by atoms with E-state index < -0.39 is 0 Å². The lowest BCUT2D eigenvalue weighted by atomic mass is 9.99. The highest BCUT2D eigenvalue weighted by atomic mass is 32.2. The van der Waals surface area contributed by atoms with E-state index in [9.17, 15) is 0 Å². The van der Waals surface area contributed by atoms with Gasteiger partial charge in [-0.15, -0.1) is 11.8 Å². The van der Waals surface area contributed by atoms with Crippen LogP contribution in [0.4, 0.5) is 0 Å². The zero-order valence-electron chi connectivity index (χ0n) is 11.6. The summed E-state index contributed by atoms with van der Waals surface area (Å²) in [5.74, 6) is 0.900. The SMILES string of the molecule is COc1cccc(CC(N)C2Cc3ccccc3S2)c1. The molecule has 2 atom stereocenters. The van der Waals surface area contributed by atoms with Gasteiger partial charge in [-0.3, -0.25) is 0 Å². The van der Waals surface area contributed by atoms with E-state index in [0.717, 1.165) is 18.6 Å². The Morgan fingerprint density at radius 1 is 1.25 bits per heavy atom. The van der Waals surface area contributed by atoms with Crippen molar-refractivity contribution in [1.29, 1.82) is 0 Å². The van der Waals surface area contributed by atoms with Crippen LogP contribution < -0.4 is 10.5 Å². The summed E-state index contributed by atoms with van der Waals surface area (Å²) in [4.78, 5) is 1.39. The molecule has 0 bridgehead atoms. The third-order valence-corrected chi connectivity index (χ3v) is 5.23. The van der Waals surface area contributed by atoms with Crippen molar-refractivity contribution >= 4 is 11.8 Å². The first-order valence-electron chi connectivity index (χ1n) is 6.89. The second kappa shape index (κ2) is 5.90. The summed E-state index contributed by atoms with van der Waals surface area (Å²) in [6, 6.07) is 17.0. The molecule has 104 valence electrons. The number of ether oxygens (including phenoxy) is 1. The van der Waals surface area contributed by atoms with Crippen LogP contribution in [0.5, 0.6) is 5.75 Å². The monoisotopic (exact) mass is 285 g/mol. The smallest absolute Gasteiger partial charge is 0.119 e. The van der Waals surface area contributed by atoms with Crippen molar-refractivity contribution in [3.8, 4) is 5.75 Å². The average molecular weight is 285 g/mol. The van der Waals surface area contributed by atoms with Gasteiger partial charge in [0.1, 0.15) is 5.75 Å². The van der Waals surface area contributed by atoms with E-state index in [1.54, 1.807) is 7.11 Å². The molecule has 1 aliphatic rings. The van der Waals surface area contributed by atoms with E-state index in [1.165, 1.54) is 16.0 Å². The predicted octanol–water partition coefficient (Wildman–Crippen LogP) is 3.28. The lowest BCUT2D eigenvalue weighted by molar-refractivity contribution is 0.414. The quantitative estimate of drug-likeness (QED) is 0.936. The van der Waals surface area contributed by atoms with E-state index >= 15 is 0 Å². The van der Waals surface area contributed by atoms with Crippen LogP contribution in [0.3, 0.4) is 0 Å². The molecule has 0 spiro atoms. The summed E-state index contributed by atoms with van der Waals surface area (Å²) in [6.45, 7) is 0. The third-order valence-electron chi connectivity index (χ3n) is 3.76. The maximum absolute atomic E-state index is 6.42. The molecule has 0 aliphatic carbocycles. The van der Waals surface area contributed by atoms with Crippen LogP contribution in [-0.2, 0) is 12.8 Å². The Balaban J connectivity index is 1.67. The van der Waals surface area contributed by atoms with Crippen LogP contribution in [0.2, 0.25) is 0 Å². The fraction of sp³-hybridized carbons (Fsp3) is 0.294. The maximum Gasteiger partial charge on any atom is 0.119 e. The van der Waals surface area contributed by atoms with E-state index in [4.69, 9.17) is 10.5 Å². The van der Waals surface area contributed by atoms with Crippen LogP contribution in [0, 0.1) is 0 Å². The molecule has 20 heavy (non-hydrogen) atoms. The number of methoxy groups -OCH3 is 1.